The summed E-state index contributed by atoms with van der Waals surface area (Å²) in [4.78, 5) is 84.4. The highest BCUT2D eigenvalue weighted by Crippen LogP contribution is 2.45. The van der Waals surface area contributed by atoms with Gasteiger partial charge in [0.1, 0.15) is 47.9 Å². The number of halogens is 2. The number of pyridine rings is 1. The molecular formula is C56H59F2N11O8. The number of terminal acetylenes is 1. The fourth-order valence-electron chi connectivity index (χ4n) is 12.4. The minimum atomic E-state index is -0.946. The van der Waals surface area contributed by atoms with Crippen molar-refractivity contribution in [3.63, 3.8) is 0 Å². The molecule has 4 amide bonds. The topological polar surface area (TPSA) is 215 Å². The summed E-state index contributed by atoms with van der Waals surface area (Å²) in [6, 6.07) is 10.3. The minimum absolute atomic E-state index is 0.00472. The number of nitrogens with zero attached hydrogens (tertiary/aromatic N) is 8. The van der Waals surface area contributed by atoms with E-state index in [1.807, 2.05) is 0 Å². The molecular weight excluding hydrogens is 993 g/mol. The number of aromatic nitrogens is 3. The van der Waals surface area contributed by atoms with E-state index >= 15 is 4.39 Å². The number of piperazine rings is 2. The van der Waals surface area contributed by atoms with Crippen molar-refractivity contribution in [2.45, 2.75) is 74.7 Å². The lowest BCUT2D eigenvalue weighted by Gasteiger charge is -2.35. The van der Waals surface area contributed by atoms with Crippen molar-refractivity contribution in [2.75, 3.05) is 89.4 Å². The van der Waals surface area contributed by atoms with Gasteiger partial charge >= 0.3 is 6.01 Å². The lowest BCUT2D eigenvalue weighted by Crippen LogP contribution is -2.54. The van der Waals surface area contributed by atoms with Crippen LogP contribution in [0.1, 0.15) is 71.2 Å². The van der Waals surface area contributed by atoms with Crippen molar-refractivity contribution in [1.82, 2.24) is 45.2 Å². The molecule has 7 aliphatic heterocycles. The number of benzene rings is 3. The number of phenolic OH excluding ortho intramolecular Hbond substituents is 1. The number of amides is 4. The molecule has 5 aromatic rings. The van der Waals surface area contributed by atoms with Crippen LogP contribution in [0.4, 0.5) is 20.3 Å². The maximum absolute atomic E-state index is 16.9. The third-order valence-electron chi connectivity index (χ3n) is 16.2. The quantitative estimate of drug-likeness (QED) is 0.0563. The number of piperidine rings is 1. The molecule has 77 heavy (non-hydrogen) atoms. The molecule has 6 fully saturated rings. The summed E-state index contributed by atoms with van der Waals surface area (Å²) >= 11 is 0. The summed E-state index contributed by atoms with van der Waals surface area (Å²) in [6.07, 6.45) is 11.9. The Hall–Kier alpha value is -7.64. The van der Waals surface area contributed by atoms with Gasteiger partial charge in [0.25, 0.3) is 18.3 Å². The zero-order valence-electron chi connectivity index (χ0n) is 42.7. The molecule has 4 N–H and O–H groups in total. The predicted molar refractivity (Wildman–Crippen MR) is 281 cm³/mol. The Labute approximate surface area is 442 Å². The van der Waals surface area contributed by atoms with E-state index in [-0.39, 0.29) is 95.1 Å². The van der Waals surface area contributed by atoms with E-state index in [2.05, 4.69) is 65.1 Å². The monoisotopic (exact) mass is 1050 g/mol. The highest BCUT2D eigenvalue weighted by molar-refractivity contribution is 6.25. The summed E-state index contributed by atoms with van der Waals surface area (Å²) in [5, 5.41) is 20.8. The highest BCUT2D eigenvalue weighted by Gasteiger charge is 2.52. The van der Waals surface area contributed by atoms with Gasteiger partial charge in [-0.05, 0) is 81.3 Å². The Morgan fingerprint density at radius 3 is 2.55 bits per heavy atom. The van der Waals surface area contributed by atoms with Crippen LogP contribution in [0.3, 0.4) is 0 Å². The fourth-order valence-corrected chi connectivity index (χ4v) is 12.4. The second kappa shape index (κ2) is 21.1. The second-order valence-corrected chi connectivity index (χ2v) is 21.2. The molecule has 400 valence electrons. The molecule has 5 atom stereocenters. The second-order valence-electron chi connectivity index (χ2n) is 21.2. The van der Waals surface area contributed by atoms with Crippen molar-refractivity contribution >= 4 is 63.3 Å². The van der Waals surface area contributed by atoms with Gasteiger partial charge in [0.2, 0.25) is 11.8 Å². The van der Waals surface area contributed by atoms with Gasteiger partial charge in [0, 0.05) is 106 Å². The van der Waals surface area contributed by atoms with Crippen molar-refractivity contribution in [3.8, 4) is 35.4 Å². The maximum atomic E-state index is 16.9. The van der Waals surface area contributed by atoms with Crippen molar-refractivity contribution in [2.24, 2.45) is 0 Å². The fraction of sp³-hybridized carbons (Fsp3) is 0.429. The van der Waals surface area contributed by atoms with Crippen LogP contribution in [0.15, 0.2) is 60.8 Å². The normalized spacial score (nSPS) is 24.4. The van der Waals surface area contributed by atoms with Crippen LogP contribution >= 0.6 is 0 Å². The van der Waals surface area contributed by atoms with Gasteiger partial charge in [-0.25, -0.2) is 8.78 Å². The number of ether oxygens (including phenoxy) is 2. The first-order valence-corrected chi connectivity index (χ1v) is 26.1. The van der Waals surface area contributed by atoms with Crippen LogP contribution < -0.4 is 25.6 Å². The SMILES string of the molecule is C#Cc1c(F)ccc2cc(O)cc(-c3ncc4c(N5CC6CCC(C5)N6)nc(OCC56CCC(COC=O)N5CC(=C)C6)nc4c3F)c12.CN1CCN(CCNc2cccc3c2C(=O)N(C2CCC(=O)NC2=O)C3=O)CC1. The number of rotatable bonds is 13. The number of fused-ring (bicyclic) bond motifs is 6. The summed E-state index contributed by atoms with van der Waals surface area (Å²) in [7, 11) is 2.11. The number of phenols is 1. The molecule has 0 saturated carbocycles. The predicted octanol–water partition coefficient (Wildman–Crippen LogP) is 4.21. The van der Waals surface area contributed by atoms with E-state index in [0.717, 1.165) is 68.9 Å². The van der Waals surface area contributed by atoms with Gasteiger partial charge in [-0.2, -0.15) is 9.97 Å². The third-order valence-corrected chi connectivity index (χ3v) is 16.2. The van der Waals surface area contributed by atoms with E-state index in [0.29, 0.717) is 72.5 Å². The zero-order chi connectivity index (χ0) is 53.7. The van der Waals surface area contributed by atoms with E-state index in [1.54, 1.807) is 18.2 Å². The first kappa shape index (κ1) is 51.5. The molecule has 2 bridgehead atoms. The molecule has 0 radical (unpaired) electrons. The summed E-state index contributed by atoms with van der Waals surface area (Å²) in [5.74, 6) is -0.591. The third kappa shape index (κ3) is 9.79. The summed E-state index contributed by atoms with van der Waals surface area (Å²) in [6.45, 7) is 12.8. The lowest BCUT2D eigenvalue weighted by molar-refractivity contribution is -0.136. The molecule has 19 nitrogen and oxygen atoms in total. The molecule has 5 unspecified atom stereocenters. The van der Waals surface area contributed by atoms with Crippen molar-refractivity contribution in [1.29, 1.82) is 0 Å². The smallest absolute Gasteiger partial charge is 0.319 e. The van der Waals surface area contributed by atoms with Gasteiger partial charge in [-0.3, -0.25) is 49.0 Å². The van der Waals surface area contributed by atoms with Gasteiger partial charge < -0.3 is 35.0 Å². The van der Waals surface area contributed by atoms with Crippen molar-refractivity contribution in [3.05, 3.63) is 89.1 Å². The molecule has 12 rings (SSSR count). The standard InChI is InChI=1S/C36H34F2N6O4.C20H25N5O4/c1-3-26-29(37)7-4-21-10-25(46)11-27(30(21)26)32-31(38)33-28(13-39-32)34(43-15-22-5-6-23(16-43)40-22)42-35(41-33)48-18-36-9-8-24(17-47-19-45)44(36)14-20(2)12-36;1-23-9-11-24(12-10-23)8-7-21-14-4-2-3-13-17(14)20(29)25(19(13)28)15-5-6-16(26)22-18(15)27/h1,4,7,10-11,13,19,22-24,40,46H,2,5-6,8-9,12,14-18H2;2-4,15,21H,5-12H2,1H3,(H,22,26,27). The first-order valence-electron chi connectivity index (χ1n) is 26.1. The van der Waals surface area contributed by atoms with Gasteiger partial charge in [0.05, 0.1) is 27.6 Å². The van der Waals surface area contributed by atoms with Gasteiger partial charge in [-0.1, -0.05) is 30.2 Å². The van der Waals surface area contributed by atoms with Gasteiger partial charge in [0.15, 0.2) is 5.82 Å². The number of anilines is 2. The van der Waals surface area contributed by atoms with Crippen LogP contribution in [0, 0.1) is 24.0 Å². The van der Waals surface area contributed by atoms with Crippen molar-refractivity contribution < 1.29 is 47.3 Å². The Morgan fingerprint density at radius 1 is 1.00 bits per heavy atom. The molecule has 7 aliphatic rings. The van der Waals surface area contributed by atoms with Crippen LogP contribution in [-0.4, -0.2) is 179 Å². The van der Waals surface area contributed by atoms with Crippen LogP contribution in [-0.2, 0) is 19.1 Å². The van der Waals surface area contributed by atoms with Gasteiger partial charge in [-0.15, -0.1) is 6.42 Å². The number of hydrogen-bond donors (Lipinski definition) is 4. The van der Waals surface area contributed by atoms with E-state index in [4.69, 9.17) is 20.9 Å². The van der Waals surface area contributed by atoms with E-state index in [9.17, 15) is 33.5 Å². The largest absolute Gasteiger partial charge is 0.508 e. The zero-order valence-corrected chi connectivity index (χ0v) is 42.7. The van der Waals surface area contributed by atoms with E-state index in [1.165, 1.54) is 30.5 Å². The molecule has 3 aromatic carbocycles. The number of likely N-dealkylation sites (N-methyl/N-ethyl adjacent to an activating group) is 1. The number of carbonyl (C=O) groups is 5. The van der Waals surface area contributed by atoms with Crippen LogP contribution in [0.5, 0.6) is 11.8 Å². The first-order chi connectivity index (χ1) is 37.2. The summed E-state index contributed by atoms with van der Waals surface area (Å²) < 4.78 is 43.3. The minimum Gasteiger partial charge on any atom is -0.508 e. The number of hydrogen-bond acceptors (Lipinski definition) is 17. The average molecular weight is 1050 g/mol. The molecule has 9 heterocycles. The Bertz CT molecular complexity index is 3280. The number of carbonyl (C=O) groups excluding carboxylic acids is 5. The molecule has 0 aliphatic carbocycles. The number of aromatic hydroxyl groups is 1. The van der Waals surface area contributed by atoms with E-state index < -0.39 is 35.4 Å². The Balaban J connectivity index is 0.000000186. The highest BCUT2D eigenvalue weighted by atomic mass is 19.1. The molecule has 6 saturated heterocycles. The average Bonchev–Trinajstić information content (AvgIpc) is 4.23. The Morgan fingerprint density at radius 2 is 1.79 bits per heavy atom. The molecule has 0 spiro atoms. The summed E-state index contributed by atoms with van der Waals surface area (Å²) in [5.41, 5.74) is 1.85. The maximum Gasteiger partial charge on any atom is 0.319 e. The Kier molecular flexibility index (Phi) is 14.1. The lowest BCUT2D eigenvalue weighted by atomic mass is 9.94. The number of nitrogens with one attached hydrogen (secondary N) is 3. The number of imide groups is 2. The van der Waals surface area contributed by atoms with Crippen LogP contribution in [0.2, 0.25) is 0 Å². The van der Waals surface area contributed by atoms with Crippen LogP contribution in [0.25, 0.3) is 32.9 Å². The molecule has 21 heteroatoms. The molecule has 2 aromatic heterocycles.